The first-order valence-corrected chi connectivity index (χ1v) is 7.55. The Bertz CT molecular complexity index is 707. The Labute approximate surface area is 133 Å². The third kappa shape index (κ3) is 4.39. The molecular weight excluding hydrogens is 295 g/mol. The molecule has 0 aromatic heterocycles. The molecule has 1 fully saturated rings. The van der Waals surface area contributed by atoms with Gasteiger partial charge in [-0.05, 0) is 54.8 Å². The maximum Gasteiger partial charge on any atom is 0.228 e. The van der Waals surface area contributed by atoms with Crippen LogP contribution in [0.15, 0.2) is 48.5 Å². The van der Waals surface area contributed by atoms with Gasteiger partial charge in [0.05, 0.1) is 6.42 Å². The summed E-state index contributed by atoms with van der Waals surface area (Å²) in [5, 5.41) is 5.62. The lowest BCUT2D eigenvalue weighted by atomic mass is 10.1. The highest BCUT2D eigenvalue weighted by atomic mass is 19.1. The molecule has 2 aromatic rings. The van der Waals surface area contributed by atoms with Gasteiger partial charge in [-0.15, -0.1) is 0 Å². The smallest absolute Gasteiger partial charge is 0.228 e. The zero-order chi connectivity index (χ0) is 16.2. The van der Waals surface area contributed by atoms with Crippen LogP contribution in [0.5, 0.6) is 0 Å². The number of hydrogen-bond donors (Lipinski definition) is 2. The molecule has 0 heterocycles. The molecule has 1 saturated carbocycles. The van der Waals surface area contributed by atoms with E-state index in [1.54, 1.807) is 36.4 Å². The average molecular weight is 312 g/mol. The molecule has 0 saturated heterocycles. The van der Waals surface area contributed by atoms with E-state index in [0.29, 0.717) is 5.69 Å². The van der Waals surface area contributed by atoms with Crippen LogP contribution in [0.2, 0.25) is 0 Å². The van der Waals surface area contributed by atoms with E-state index in [4.69, 9.17) is 0 Å². The molecule has 2 amide bonds. The van der Waals surface area contributed by atoms with Crippen LogP contribution >= 0.6 is 0 Å². The fourth-order valence-electron chi connectivity index (χ4n) is 2.22. The molecule has 0 aliphatic heterocycles. The Morgan fingerprint density at radius 3 is 2.04 bits per heavy atom. The maximum absolute atomic E-state index is 12.8. The number of benzene rings is 2. The Morgan fingerprint density at radius 2 is 1.48 bits per heavy atom. The zero-order valence-corrected chi connectivity index (χ0v) is 12.5. The average Bonchev–Trinajstić information content (AvgIpc) is 3.36. The molecular formula is C18H17FN2O2. The lowest BCUT2D eigenvalue weighted by Gasteiger charge is -2.08. The monoisotopic (exact) mass is 312 g/mol. The summed E-state index contributed by atoms with van der Waals surface area (Å²) in [5.74, 6) is -0.285. The van der Waals surface area contributed by atoms with Crippen LogP contribution in [-0.4, -0.2) is 11.8 Å². The number of rotatable bonds is 5. The van der Waals surface area contributed by atoms with Gasteiger partial charge in [-0.1, -0.05) is 12.1 Å². The molecule has 3 rings (SSSR count). The molecule has 1 aliphatic carbocycles. The minimum Gasteiger partial charge on any atom is -0.326 e. The van der Waals surface area contributed by atoms with Crippen molar-refractivity contribution in [2.75, 3.05) is 10.6 Å². The van der Waals surface area contributed by atoms with Crippen LogP contribution < -0.4 is 10.6 Å². The predicted molar refractivity (Wildman–Crippen MR) is 86.5 cm³/mol. The first-order valence-electron chi connectivity index (χ1n) is 7.55. The minimum atomic E-state index is -0.321. The molecule has 118 valence electrons. The summed E-state index contributed by atoms with van der Waals surface area (Å²) < 4.78 is 12.8. The van der Waals surface area contributed by atoms with E-state index in [9.17, 15) is 14.0 Å². The van der Waals surface area contributed by atoms with E-state index in [-0.39, 0.29) is 30.0 Å². The van der Waals surface area contributed by atoms with Crippen molar-refractivity contribution in [2.45, 2.75) is 19.3 Å². The van der Waals surface area contributed by atoms with Crippen LogP contribution in [0, 0.1) is 11.7 Å². The molecule has 0 unspecified atom stereocenters. The van der Waals surface area contributed by atoms with Crippen molar-refractivity contribution in [2.24, 2.45) is 5.92 Å². The van der Waals surface area contributed by atoms with Gasteiger partial charge in [0.2, 0.25) is 11.8 Å². The normalized spacial score (nSPS) is 13.4. The molecule has 4 nitrogen and oxygen atoms in total. The Hall–Kier alpha value is -2.69. The van der Waals surface area contributed by atoms with Crippen LogP contribution in [-0.2, 0) is 16.0 Å². The van der Waals surface area contributed by atoms with Crippen molar-refractivity contribution in [1.29, 1.82) is 0 Å². The first kappa shape index (κ1) is 15.2. The van der Waals surface area contributed by atoms with Crippen LogP contribution in [0.25, 0.3) is 0 Å². The van der Waals surface area contributed by atoms with Gasteiger partial charge < -0.3 is 10.6 Å². The molecule has 1 aliphatic rings. The van der Waals surface area contributed by atoms with E-state index < -0.39 is 0 Å². The third-order valence-electron chi connectivity index (χ3n) is 3.66. The minimum absolute atomic E-state index is 0.0538. The third-order valence-corrected chi connectivity index (χ3v) is 3.66. The van der Waals surface area contributed by atoms with E-state index in [0.717, 1.165) is 24.1 Å². The van der Waals surface area contributed by atoms with E-state index in [1.807, 2.05) is 0 Å². The number of hydrogen-bond acceptors (Lipinski definition) is 2. The van der Waals surface area contributed by atoms with Gasteiger partial charge in [0.1, 0.15) is 5.82 Å². The standard InChI is InChI=1S/C18H17FN2O2/c19-14-5-1-12(2-6-14)11-17(22)20-15-7-9-16(10-8-15)21-18(23)13-3-4-13/h1-2,5-10,13H,3-4,11H2,(H,20,22)(H,21,23). The van der Waals surface area contributed by atoms with Gasteiger partial charge in [0.25, 0.3) is 0 Å². The van der Waals surface area contributed by atoms with E-state index in [2.05, 4.69) is 10.6 Å². The molecule has 0 atom stereocenters. The molecule has 0 spiro atoms. The largest absolute Gasteiger partial charge is 0.326 e. The molecule has 2 N–H and O–H groups in total. The van der Waals surface area contributed by atoms with Crippen molar-refractivity contribution >= 4 is 23.2 Å². The van der Waals surface area contributed by atoms with Crippen LogP contribution in [0.1, 0.15) is 18.4 Å². The van der Waals surface area contributed by atoms with Crippen molar-refractivity contribution in [3.8, 4) is 0 Å². The second-order valence-corrected chi connectivity index (χ2v) is 5.69. The second-order valence-electron chi connectivity index (χ2n) is 5.69. The molecule has 2 aromatic carbocycles. The van der Waals surface area contributed by atoms with Crippen molar-refractivity contribution in [3.63, 3.8) is 0 Å². The van der Waals surface area contributed by atoms with E-state index in [1.165, 1.54) is 12.1 Å². The zero-order valence-electron chi connectivity index (χ0n) is 12.5. The maximum atomic E-state index is 12.8. The van der Waals surface area contributed by atoms with Crippen molar-refractivity contribution in [3.05, 3.63) is 59.9 Å². The summed E-state index contributed by atoms with van der Waals surface area (Å²) in [6, 6.07) is 12.8. The van der Waals surface area contributed by atoms with Crippen LogP contribution in [0.4, 0.5) is 15.8 Å². The number of nitrogens with one attached hydrogen (secondary N) is 2. The highest BCUT2D eigenvalue weighted by Gasteiger charge is 2.29. The summed E-state index contributed by atoms with van der Waals surface area (Å²) in [6.07, 6.45) is 2.10. The molecule has 23 heavy (non-hydrogen) atoms. The van der Waals surface area contributed by atoms with Gasteiger partial charge in [0, 0.05) is 17.3 Å². The Balaban J connectivity index is 1.53. The summed E-state index contributed by atoms with van der Waals surface area (Å²) in [7, 11) is 0. The van der Waals surface area contributed by atoms with E-state index >= 15 is 0 Å². The Morgan fingerprint density at radius 1 is 0.913 bits per heavy atom. The second kappa shape index (κ2) is 6.60. The SMILES string of the molecule is O=C(Cc1ccc(F)cc1)Nc1ccc(NC(=O)C2CC2)cc1. The van der Waals surface area contributed by atoms with Crippen LogP contribution in [0.3, 0.4) is 0 Å². The highest BCUT2D eigenvalue weighted by Crippen LogP contribution is 2.30. The van der Waals surface area contributed by atoms with Gasteiger partial charge in [-0.25, -0.2) is 4.39 Å². The summed E-state index contributed by atoms with van der Waals surface area (Å²) >= 11 is 0. The quantitative estimate of drug-likeness (QED) is 0.889. The van der Waals surface area contributed by atoms with Gasteiger partial charge in [-0.2, -0.15) is 0 Å². The number of amides is 2. The van der Waals surface area contributed by atoms with Gasteiger partial charge in [0.15, 0.2) is 0 Å². The fourth-order valence-corrected chi connectivity index (χ4v) is 2.22. The summed E-state index contributed by atoms with van der Waals surface area (Å²) in [4.78, 5) is 23.6. The van der Waals surface area contributed by atoms with Gasteiger partial charge in [-0.3, -0.25) is 9.59 Å². The number of anilines is 2. The number of halogens is 1. The summed E-state index contributed by atoms with van der Waals surface area (Å²) in [5.41, 5.74) is 2.12. The molecule has 0 bridgehead atoms. The highest BCUT2D eigenvalue weighted by molar-refractivity contribution is 5.95. The lowest BCUT2D eigenvalue weighted by molar-refractivity contribution is -0.117. The van der Waals surface area contributed by atoms with Crippen molar-refractivity contribution in [1.82, 2.24) is 0 Å². The number of carbonyl (C=O) groups excluding carboxylic acids is 2. The first-order chi connectivity index (χ1) is 11.1. The number of carbonyl (C=O) groups is 2. The van der Waals surface area contributed by atoms with Gasteiger partial charge >= 0.3 is 0 Å². The fraction of sp³-hybridized carbons (Fsp3) is 0.222. The predicted octanol–water partition coefficient (Wildman–Crippen LogP) is 3.36. The Kier molecular flexibility index (Phi) is 4.37. The molecule has 5 heteroatoms. The molecule has 0 radical (unpaired) electrons. The van der Waals surface area contributed by atoms with Crippen molar-refractivity contribution < 1.29 is 14.0 Å². The summed E-state index contributed by atoms with van der Waals surface area (Å²) in [6.45, 7) is 0. The topological polar surface area (TPSA) is 58.2 Å². The lowest BCUT2D eigenvalue weighted by Crippen LogP contribution is -2.15.